The summed E-state index contributed by atoms with van der Waals surface area (Å²) < 4.78 is 5.16. The first kappa shape index (κ1) is 14.8. The highest BCUT2D eigenvalue weighted by Gasteiger charge is 2.19. The summed E-state index contributed by atoms with van der Waals surface area (Å²) in [4.78, 5) is 6.62. The second kappa shape index (κ2) is 6.74. The monoisotopic (exact) mass is 279 g/mol. The van der Waals surface area contributed by atoms with Gasteiger partial charge in [-0.15, -0.1) is 0 Å². The molecule has 0 amide bonds. The average Bonchev–Trinajstić information content (AvgIpc) is 2.98. The number of nitrogens with one attached hydrogen (secondary N) is 2. The summed E-state index contributed by atoms with van der Waals surface area (Å²) >= 11 is 0. The maximum atomic E-state index is 5.16. The van der Waals surface area contributed by atoms with Gasteiger partial charge in [-0.3, -0.25) is 4.99 Å². The number of aliphatic imine (C=N–C) groups is 1. The van der Waals surface area contributed by atoms with E-state index in [0.29, 0.717) is 12.5 Å². The molecular formula is C14H25N5O. The molecule has 2 heterocycles. The molecule has 6 heteroatoms. The molecule has 0 bridgehead atoms. The molecule has 112 valence electrons. The highest BCUT2D eigenvalue weighted by molar-refractivity contribution is 5.79. The molecule has 1 saturated heterocycles. The van der Waals surface area contributed by atoms with E-state index < -0.39 is 0 Å². The van der Waals surface area contributed by atoms with E-state index in [1.165, 1.54) is 13.0 Å². The molecule has 1 aliphatic heterocycles. The normalized spacial score (nSPS) is 20.4. The van der Waals surface area contributed by atoms with Gasteiger partial charge >= 0.3 is 0 Å². The molecule has 0 aromatic carbocycles. The minimum absolute atomic E-state index is 0.686. The molecule has 0 saturated carbocycles. The van der Waals surface area contributed by atoms with E-state index in [4.69, 9.17) is 4.52 Å². The van der Waals surface area contributed by atoms with Crippen molar-refractivity contribution in [1.29, 1.82) is 0 Å². The van der Waals surface area contributed by atoms with Gasteiger partial charge in [0.05, 0.1) is 5.69 Å². The highest BCUT2D eigenvalue weighted by atomic mass is 16.5. The molecule has 0 aliphatic carbocycles. The summed E-state index contributed by atoms with van der Waals surface area (Å²) in [6.45, 7) is 7.89. The predicted molar refractivity (Wildman–Crippen MR) is 79.8 cm³/mol. The summed E-state index contributed by atoms with van der Waals surface area (Å²) in [6, 6.07) is 0. The third-order valence-corrected chi connectivity index (χ3v) is 3.88. The van der Waals surface area contributed by atoms with Crippen molar-refractivity contribution in [3.63, 3.8) is 0 Å². The van der Waals surface area contributed by atoms with Crippen molar-refractivity contribution in [2.45, 2.75) is 26.8 Å². The van der Waals surface area contributed by atoms with Crippen LogP contribution in [-0.2, 0) is 6.54 Å². The second-order valence-corrected chi connectivity index (χ2v) is 5.53. The SMILES string of the molecule is CN=C(NCc1c(C)noc1C)NCC1CCN(C)C1. The first-order chi connectivity index (χ1) is 9.60. The van der Waals surface area contributed by atoms with Gasteiger partial charge in [0, 0.05) is 32.2 Å². The van der Waals surface area contributed by atoms with Crippen LogP contribution in [0.3, 0.4) is 0 Å². The van der Waals surface area contributed by atoms with Crippen molar-refractivity contribution in [2.75, 3.05) is 33.7 Å². The van der Waals surface area contributed by atoms with E-state index in [9.17, 15) is 0 Å². The fourth-order valence-electron chi connectivity index (χ4n) is 2.58. The Bertz CT molecular complexity index is 449. The Morgan fingerprint density at radius 2 is 2.25 bits per heavy atom. The zero-order valence-corrected chi connectivity index (χ0v) is 12.9. The number of aryl methyl sites for hydroxylation is 2. The van der Waals surface area contributed by atoms with Crippen molar-refractivity contribution < 1.29 is 4.52 Å². The van der Waals surface area contributed by atoms with Crippen molar-refractivity contribution in [3.8, 4) is 0 Å². The van der Waals surface area contributed by atoms with Crippen LogP contribution in [0.4, 0.5) is 0 Å². The lowest BCUT2D eigenvalue weighted by Gasteiger charge is -2.15. The van der Waals surface area contributed by atoms with Crippen LogP contribution in [-0.4, -0.2) is 49.7 Å². The van der Waals surface area contributed by atoms with Gasteiger partial charge in [0.15, 0.2) is 5.96 Å². The number of guanidine groups is 1. The van der Waals surface area contributed by atoms with Crippen molar-refractivity contribution in [3.05, 3.63) is 17.0 Å². The van der Waals surface area contributed by atoms with Crippen molar-refractivity contribution >= 4 is 5.96 Å². The zero-order valence-electron chi connectivity index (χ0n) is 12.9. The van der Waals surface area contributed by atoms with E-state index in [-0.39, 0.29) is 0 Å². The van der Waals surface area contributed by atoms with Crippen LogP contribution < -0.4 is 10.6 Å². The van der Waals surface area contributed by atoms with Gasteiger partial charge in [0.25, 0.3) is 0 Å². The molecule has 6 nitrogen and oxygen atoms in total. The van der Waals surface area contributed by atoms with Crippen LogP contribution in [0, 0.1) is 19.8 Å². The molecule has 1 unspecified atom stereocenters. The Labute approximate surface area is 120 Å². The Morgan fingerprint density at radius 1 is 1.45 bits per heavy atom. The lowest BCUT2D eigenvalue weighted by molar-refractivity contribution is 0.392. The summed E-state index contributed by atoms with van der Waals surface area (Å²) in [5, 5.41) is 10.7. The first-order valence-corrected chi connectivity index (χ1v) is 7.15. The standard InChI is InChI=1S/C14H25N5O/c1-10-13(11(2)20-18-10)8-17-14(15-3)16-7-12-5-6-19(4)9-12/h12H,5-9H2,1-4H3,(H2,15,16,17). The highest BCUT2D eigenvalue weighted by Crippen LogP contribution is 2.13. The zero-order chi connectivity index (χ0) is 14.5. The lowest BCUT2D eigenvalue weighted by atomic mass is 10.1. The quantitative estimate of drug-likeness (QED) is 0.633. The minimum Gasteiger partial charge on any atom is -0.361 e. The van der Waals surface area contributed by atoms with Gasteiger partial charge < -0.3 is 20.1 Å². The number of likely N-dealkylation sites (tertiary alicyclic amines) is 1. The Morgan fingerprint density at radius 3 is 2.80 bits per heavy atom. The molecule has 2 N–H and O–H groups in total. The van der Waals surface area contributed by atoms with Crippen LogP contribution in [0.1, 0.15) is 23.4 Å². The fourth-order valence-corrected chi connectivity index (χ4v) is 2.58. The summed E-state index contributed by atoms with van der Waals surface area (Å²) in [5.74, 6) is 2.40. The Kier molecular flexibility index (Phi) is 5.00. The summed E-state index contributed by atoms with van der Waals surface area (Å²) in [5.41, 5.74) is 2.04. The largest absolute Gasteiger partial charge is 0.361 e. The van der Waals surface area contributed by atoms with Gasteiger partial charge in [-0.1, -0.05) is 5.16 Å². The van der Waals surface area contributed by atoms with E-state index in [0.717, 1.165) is 36.1 Å². The number of rotatable bonds is 4. The molecule has 1 fully saturated rings. The fraction of sp³-hybridized carbons (Fsp3) is 0.714. The summed E-state index contributed by atoms with van der Waals surface area (Å²) in [7, 11) is 3.97. The molecule has 1 atom stereocenters. The minimum atomic E-state index is 0.686. The van der Waals surface area contributed by atoms with Gasteiger partial charge in [0.2, 0.25) is 0 Å². The van der Waals surface area contributed by atoms with Crippen molar-refractivity contribution in [2.24, 2.45) is 10.9 Å². The van der Waals surface area contributed by atoms with Crippen LogP contribution in [0.15, 0.2) is 9.52 Å². The summed E-state index contributed by atoms with van der Waals surface area (Å²) in [6.07, 6.45) is 1.25. The number of hydrogen-bond acceptors (Lipinski definition) is 4. The second-order valence-electron chi connectivity index (χ2n) is 5.53. The smallest absolute Gasteiger partial charge is 0.191 e. The van der Waals surface area contributed by atoms with E-state index in [1.54, 1.807) is 7.05 Å². The Balaban J connectivity index is 1.78. The average molecular weight is 279 g/mol. The Hall–Kier alpha value is -1.56. The molecule has 1 aromatic heterocycles. The third kappa shape index (κ3) is 3.72. The van der Waals surface area contributed by atoms with Crippen LogP contribution in [0.5, 0.6) is 0 Å². The molecule has 0 spiro atoms. The molecular weight excluding hydrogens is 254 g/mol. The van der Waals surface area contributed by atoms with Gasteiger partial charge in [-0.2, -0.15) is 0 Å². The number of nitrogens with zero attached hydrogens (tertiary/aromatic N) is 3. The van der Waals surface area contributed by atoms with E-state index in [2.05, 4.69) is 32.7 Å². The number of hydrogen-bond donors (Lipinski definition) is 2. The van der Waals surface area contributed by atoms with E-state index in [1.807, 2.05) is 13.8 Å². The number of aromatic nitrogens is 1. The van der Waals surface area contributed by atoms with Crippen molar-refractivity contribution in [1.82, 2.24) is 20.7 Å². The molecule has 20 heavy (non-hydrogen) atoms. The van der Waals surface area contributed by atoms with E-state index >= 15 is 0 Å². The third-order valence-electron chi connectivity index (χ3n) is 3.88. The maximum absolute atomic E-state index is 5.16. The van der Waals surface area contributed by atoms with Gasteiger partial charge in [0.1, 0.15) is 5.76 Å². The van der Waals surface area contributed by atoms with Gasteiger partial charge in [-0.05, 0) is 39.8 Å². The first-order valence-electron chi connectivity index (χ1n) is 7.15. The molecule has 2 rings (SSSR count). The topological polar surface area (TPSA) is 65.7 Å². The lowest BCUT2D eigenvalue weighted by Crippen LogP contribution is -2.39. The maximum Gasteiger partial charge on any atom is 0.191 e. The molecule has 1 aromatic rings. The molecule has 0 radical (unpaired) electrons. The van der Waals surface area contributed by atoms with Crippen LogP contribution in [0.2, 0.25) is 0 Å². The van der Waals surface area contributed by atoms with Crippen LogP contribution in [0.25, 0.3) is 0 Å². The predicted octanol–water partition coefficient (Wildman–Crippen LogP) is 0.908. The van der Waals surface area contributed by atoms with Crippen LogP contribution >= 0.6 is 0 Å². The van der Waals surface area contributed by atoms with Gasteiger partial charge in [-0.25, -0.2) is 0 Å². The molecule has 1 aliphatic rings.